The first-order valence-corrected chi connectivity index (χ1v) is 6.66. The number of nitrogen functional groups attached to an aromatic ring is 1. The Morgan fingerprint density at radius 3 is 2.65 bits per heavy atom. The first-order valence-electron chi connectivity index (χ1n) is 5.58. The molecule has 0 spiro atoms. The van der Waals surface area contributed by atoms with Gasteiger partial charge in [0.05, 0.1) is 0 Å². The number of nitrogens with one attached hydrogen (secondary N) is 1. The number of hydrogen-bond donors (Lipinski definition) is 2. The molecule has 3 N–H and O–H groups in total. The lowest BCUT2D eigenvalue weighted by Crippen LogP contribution is -2.44. The van der Waals surface area contributed by atoms with Crippen molar-refractivity contribution in [3.05, 3.63) is 29.3 Å². The highest BCUT2D eigenvalue weighted by molar-refractivity contribution is 7.77. The zero-order valence-electron chi connectivity index (χ0n) is 10.4. The van der Waals surface area contributed by atoms with Crippen LogP contribution < -0.4 is 10.5 Å². The normalized spacial score (nSPS) is 16.5. The number of rotatable bonds is 5. The molecule has 1 rings (SSSR count). The molecule has 0 radical (unpaired) electrons. The van der Waals surface area contributed by atoms with Crippen molar-refractivity contribution in [2.45, 2.75) is 39.2 Å². The zero-order chi connectivity index (χ0) is 13.1. The molecule has 5 heteroatoms. The van der Waals surface area contributed by atoms with Gasteiger partial charge in [-0.3, -0.25) is 4.21 Å². The minimum Gasteiger partial charge on any atom is -0.760 e. The number of aryl methyl sites for hydroxylation is 1. The van der Waals surface area contributed by atoms with Crippen LogP contribution in [0.2, 0.25) is 0 Å². The van der Waals surface area contributed by atoms with Crippen LogP contribution >= 0.6 is 0 Å². The Morgan fingerprint density at radius 1 is 1.53 bits per heavy atom. The highest BCUT2D eigenvalue weighted by Crippen LogP contribution is 2.20. The maximum atomic E-state index is 10.8. The number of nitrogens with two attached hydrogens (primary N) is 1. The molecule has 0 saturated carbocycles. The van der Waals surface area contributed by atoms with E-state index in [9.17, 15) is 8.76 Å². The summed E-state index contributed by atoms with van der Waals surface area (Å²) < 4.78 is 24.1. The Morgan fingerprint density at radius 2 is 2.18 bits per heavy atom. The lowest BCUT2D eigenvalue weighted by atomic mass is 9.90. The maximum absolute atomic E-state index is 10.8. The molecule has 1 aromatic carbocycles. The lowest BCUT2D eigenvalue weighted by molar-refractivity contribution is 0.389. The fourth-order valence-electron chi connectivity index (χ4n) is 1.73. The van der Waals surface area contributed by atoms with Crippen molar-refractivity contribution in [1.82, 2.24) is 4.72 Å². The van der Waals surface area contributed by atoms with E-state index in [4.69, 9.17) is 5.73 Å². The quantitative estimate of drug-likeness (QED) is 0.620. The second-order valence-corrected chi connectivity index (χ2v) is 5.29. The Hall–Kier alpha value is -0.910. The van der Waals surface area contributed by atoms with Gasteiger partial charge in [-0.25, -0.2) is 4.72 Å². The Kier molecular flexibility index (Phi) is 4.68. The van der Waals surface area contributed by atoms with Crippen LogP contribution in [0.4, 0.5) is 5.69 Å². The molecule has 0 fully saturated rings. The number of anilines is 1. The zero-order valence-corrected chi connectivity index (χ0v) is 11.3. The molecule has 0 aliphatic heterocycles. The average molecular weight is 255 g/mol. The lowest BCUT2D eigenvalue weighted by Gasteiger charge is -2.30. The van der Waals surface area contributed by atoms with Crippen LogP contribution in [0.3, 0.4) is 0 Å². The third-order valence-electron chi connectivity index (χ3n) is 3.04. The number of hydrogen-bond acceptors (Lipinski definition) is 3. The molecule has 2 atom stereocenters. The smallest absolute Gasteiger partial charge is 0.0343 e. The molecular weight excluding hydrogens is 236 g/mol. The van der Waals surface area contributed by atoms with E-state index >= 15 is 0 Å². The molecule has 17 heavy (non-hydrogen) atoms. The van der Waals surface area contributed by atoms with Crippen LogP contribution in [0, 0.1) is 6.92 Å². The van der Waals surface area contributed by atoms with Gasteiger partial charge in [0.1, 0.15) is 0 Å². The van der Waals surface area contributed by atoms with Gasteiger partial charge in [-0.1, -0.05) is 19.1 Å². The topological polar surface area (TPSA) is 78.2 Å². The van der Waals surface area contributed by atoms with Crippen molar-refractivity contribution < 1.29 is 8.76 Å². The predicted octanol–water partition coefficient (Wildman–Crippen LogP) is 1.67. The molecule has 0 bridgehead atoms. The molecule has 0 aromatic heterocycles. The van der Waals surface area contributed by atoms with Crippen molar-refractivity contribution in [3.63, 3.8) is 0 Å². The van der Waals surface area contributed by atoms with Gasteiger partial charge in [-0.2, -0.15) is 0 Å². The standard InChI is InChI=1S/C12H20N2O2S/c1-4-12(3,14-17(15)16)8-10-5-6-11(13)9(2)7-10/h5-7,14H,4,8,13H2,1-3H3,(H,15,16)/p-1. The van der Waals surface area contributed by atoms with Crippen LogP contribution in [-0.2, 0) is 17.7 Å². The van der Waals surface area contributed by atoms with Crippen LogP contribution in [-0.4, -0.2) is 14.3 Å². The van der Waals surface area contributed by atoms with Crippen molar-refractivity contribution in [2.24, 2.45) is 0 Å². The predicted molar refractivity (Wildman–Crippen MR) is 70.0 cm³/mol. The van der Waals surface area contributed by atoms with E-state index < -0.39 is 16.8 Å². The highest BCUT2D eigenvalue weighted by atomic mass is 32.2. The molecule has 0 heterocycles. The second-order valence-electron chi connectivity index (χ2n) is 4.62. The van der Waals surface area contributed by atoms with Gasteiger partial charge in [0.25, 0.3) is 0 Å². The molecule has 0 saturated heterocycles. The van der Waals surface area contributed by atoms with Crippen molar-refractivity contribution in [3.8, 4) is 0 Å². The molecule has 96 valence electrons. The fourth-order valence-corrected chi connectivity index (χ4v) is 2.35. The van der Waals surface area contributed by atoms with Crippen molar-refractivity contribution in [2.75, 3.05) is 5.73 Å². The van der Waals surface area contributed by atoms with Gasteiger partial charge in [0.15, 0.2) is 0 Å². The summed E-state index contributed by atoms with van der Waals surface area (Å²) in [6, 6.07) is 5.79. The molecule has 4 nitrogen and oxygen atoms in total. The first kappa shape index (κ1) is 14.2. The summed E-state index contributed by atoms with van der Waals surface area (Å²) in [5, 5.41) is 0. The van der Waals surface area contributed by atoms with E-state index in [1.807, 2.05) is 39.0 Å². The van der Waals surface area contributed by atoms with E-state index in [-0.39, 0.29) is 0 Å². The van der Waals surface area contributed by atoms with Crippen LogP contribution in [0.25, 0.3) is 0 Å². The van der Waals surface area contributed by atoms with E-state index in [0.717, 1.165) is 23.2 Å². The maximum Gasteiger partial charge on any atom is 0.0343 e. The van der Waals surface area contributed by atoms with Gasteiger partial charge >= 0.3 is 0 Å². The van der Waals surface area contributed by atoms with E-state index in [1.165, 1.54) is 0 Å². The fraction of sp³-hybridized carbons (Fsp3) is 0.500. The summed E-state index contributed by atoms with van der Waals surface area (Å²) in [5.74, 6) is 0. The molecule has 0 aliphatic carbocycles. The van der Waals surface area contributed by atoms with Crippen LogP contribution in [0.1, 0.15) is 31.4 Å². The van der Waals surface area contributed by atoms with Crippen LogP contribution in [0.15, 0.2) is 18.2 Å². The van der Waals surface area contributed by atoms with Crippen molar-refractivity contribution >= 4 is 17.0 Å². The van der Waals surface area contributed by atoms with E-state index in [2.05, 4.69) is 4.72 Å². The molecule has 0 amide bonds. The molecule has 2 unspecified atom stereocenters. The van der Waals surface area contributed by atoms with Gasteiger partial charge in [0, 0.05) is 22.5 Å². The summed E-state index contributed by atoms with van der Waals surface area (Å²) in [6.45, 7) is 5.81. The Balaban J connectivity index is 2.86. The van der Waals surface area contributed by atoms with Gasteiger partial charge in [-0.15, -0.1) is 0 Å². The Labute approximate surface area is 105 Å². The SMILES string of the molecule is CCC(C)(Cc1ccc(N)c(C)c1)NS(=O)[O-]. The Bertz CT molecular complexity index is 423. The minimum absolute atomic E-state index is 0.449. The van der Waals surface area contributed by atoms with Gasteiger partial charge in [0.2, 0.25) is 0 Å². The minimum atomic E-state index is -2.24. The van der Waals surface area contributed by atoms with Crippen molar-refractivity contribution in [1.29, 1.82) is 0 Å². The van der Waals surface area contributed by atoms with Gasteiger partial charge < -0.3 is 10.3 Å². The summed E-state index contributed by atoms with van der Waals surface area (Å²) in [7, 11) is 0. The third kappa shape index (κ3) is 4.11. The molecule has 0 aliphatic rings. The molecule has 1 aromatic rings. The molecular formula is C12H19N2O2S-. The highest BCUT2D eigenvalue weighted by Gasteiger charge is 2.22. The van der Waals surface area contributed by atoms with Crippen LogP contribution in [0.5, 0.6) is 0 Å². The summed E-state index contributed by atoms with van der Waals surface area (Å²) in [5.41, 5.74) is 8.16. The largest absolute Gasteiger partial charge is 0.760 e. The number of benzene rings is 1. The summed E-state index contributed by atoms with van der Waals surface area (Å²) >= 11 is -2.24. The van der Waals surface area contributed by atoms with E-state index in [0.29, 0.717) is 6.42 Å². The monoisotopic (exact) mass is 255 g/mol. The summed E-state index contributed by atoms with van der Waals surface area (Å²) in [6.07, 6.45) is 1.38. The van der Waals surface area contributed by atoms with E-state index in [1.54, 1.807) is 0 Å². The second kappa shape index (κ2) is 5.62. The summed E-state index contributed by atoms with van der Waals surface area (Å²) in [4.78, 5) is 0. The third-order valence-corrected chi connectivity index (χ3v) is 3.70. The first-order chi connectivity index (χ1) is 7.86. The van der Waals surface area contributed by atoms with Gasteiger partial charge in [-0.05, 0) is 43.9 Å². The average Bonchev–Trinajstić information content (AvgIpc) is 2.22.